The number of anilines is 1. The molecular weight excluding hydrogens is 312 g/mol. The van der Waals surface area contributed by atoms with Crippen LogP contribution in [0.25, 0.3) is 10.6 Å². The molecule has 23 heavy (non-hydrogen) atoms. The van der Waals surface area contributed by atoms with E-state index in [0.29, 0.717) is 18.2 Å². The van der Waals surface area contributed by atoms with Gasteiger partial charge < -0.3 is 14.6 Å². The summed E-state index contributed by atoms with van der Waals surface area (Å²) in [6.07, 6.45) is 6.20. The molecule has 1 saturated carbocycles. The predicted octanol–water partition coefficient (Wildman–Crippen LogP) is 4.08. The molecule has 1 aliphatic carbocycles. The van der Waals surface area contributed by atoms with Crippen molar-refractivity contribution in [3.63, 3.8) is 0 Å². The second-order valence-electron chi connectivity index (χ2n) is 6.47. The summed E-state index contributed by atoms with van der Waals surface area (Å²) < 4.78 is 11.3. The third-order valence-electron chi connectivity index (χ3n) is 4.90. The minimum Gasteiger partial charge on any atom is -0.375 e. The highest BCUT2D eigenvalue weighted by atomic mass is 32.1. The largest absolute Gasteiger partial charge is 0.375 e. The van der Waals surface area contributed by atoms with Crippen LogP contribution in [0.5, 0.6) is 0 Å². The molecule has 6 heteroatoms. The fraction of sp³-hybridized carbons (Fsp3) is 0.529. The summed E-state index contributed by atoms with van der Waals surface area (Å²) >= 11 is 1.59. The van der Waals surface area contributed by atoms with Gasteiger partial charge in [-0.1, -0.05) is 24.1 Å². The molecule has 2 aromatic heterocycles. The number of aromatic nitrogens is 1. The van der Waals surface area contributed by atoms with Crippen molar-refractivity contribution in [2.24, 2.45) is 5.92 Å². The average Bonchev–Trinajstić information content (AvgIpc) is 3.28. The summed E-state index contributed by atoms with van der Waals surface area (Å²) in [5.74, 6) is 1.22. The third kappa shape index (κ3) is 3.05. The lowest BCUT2D eigenvalue weighted by Gasteiger charge is -2.37. The molecule has 2 fully saturated rings. The van der Waals surface area contributed by atoms with Crippen LogP contribution in [0.3, 0.4) is 0 Å². The van der Waals surface area contributed by atoms with Gasteiger partial charge in [-0.05, 0) is 37.1 Å². The lowest BCUT2D eigenvalue weighted by molar-refractivity contribution is -0.133. The van der Waals surface area contributed by atoms with Crippen LogP contribution in [0.4, 0.5) is 5.82 Å². The van der Waals surface area contributed by atoms with Crippen LogP contribution >= 0.6 is 11.3 Å². The highest BCUT2D eigenvalue weighted by molar-refractivity contribution is 7.13. The number of nitrogens with one attached hydrogen (secondary N) is 1. The molecule has 1 atom stereocenters. The number of ether oxygens (including phenoxy) is 1. The number of thiophene rings is 1. The molecule has 1 N–H and O–H groups in total. The van der Waals surface area contributed by atoms with Crippen molar-refractivity contribution in [1.29, 1.82) is 0 Å². The van der Waals surface area contributed by atoms with Crippen LogP contribution in [0.1, 0.15) is 38.5 Å². The van der Waals surface area contributed by atoms with Crippen molar-refractivity contribution < 1.29 is 14.1 Å². The van der Waals surface area contributed by atoms with Crippen molar-refractivity contribution in [2.45, 2.75) is 44.1 Å². The van der Waals surface area contributed by atoms with E-state index in [0.717, 1.165) is 30.6 Å². The summed E-state index contributed by atoms with van der Waals surface area (Å²) in [7, 11) is 0. The zero-order valence-electron chi connectivity index (χ0n) is 12.9. The van der Waals surface area contributed by atoms with E-state index in [1.54, 1.807) is 17.4 Å². The Kier molecular flexibility index (Phi) is 3.95. The van der Waals surface area contributed by atoms with Gasteiger partial charge in [-0.3, -0.25) is 4.79 Å². The third-order valence-corrected chi connectivity index (χ3v) is 5.79. The summed E-state index contributed by atoms with van der Waals surface area (Å²) in [5, 5.41) is 8.86. The normalized spacial score (nSPS) is 23.2. The summed E-state index contributed by atoms with van der Waals surface area (Å²) in [4.78, 5) is 13.6. The Morgan fingerprint density at radius 3 is 3.04 bits per heavy atom. The van der Waals surface area contributed by atoms with Gasteiger partial charge in [0.2, 0.25) is 5.91 Å². The van der Waals surface area contributed by atoms with Crippen LogP contribution in [0.15, 0.2) is 28.1 Å². The van der Waals surface area contributed by atoms with Crippen molar-refractivity contribution >= 4 is 23.1 Å². The van der Waals surface area contributed by atoms with Crippen molar-refractivity contribution in [2.75, 3.05) is 11.9 Å². The minimum atomic E-state index is -0.0494. The van der Waals surface area contributed by atoms with E-state index in [4.69, 9.17) is 9.26 Å². The SMILES string of the molecule is O=C(Nc1cc(-c2cccs2)on1)C1CCOC2(CCCC2)C1. The Labute approximate surface area is 139 Å². The molecule has 0 bridgehead atoms. The first-order valence-electron chi connectivity index (χ1n) is 8.20. The molecular formula is C17H20N2O3S. The lowest BCUT2D eigenvalue weighted by atomic mass is 9.84. The second-order valence-corrected chi connectivity index (χ2v) is 7.42. The maximum absolute atomic E-state index is 12.6. The van der Waals surface area contributed by atoms with Gasteiger partial charge in [0.25, 0.3) is 0 Å². The fourth-order valence-electron chi connectivity index (χ4n) is 3.72. The van der Waals surface area contributed by atoms with Crippen molar-refractivity contribution in [1.82, 2.24) is 5.16 Å². The smallest absolute Gasteiger partial charge is 0.228 e. The van der Waals surface area contributed by atoms with Crippen LogP contribution in [0.2, 0.25) is 0 Å². The Morgan fingerprint density at radius 2 is 2.26 bits per heavy atom. The van der Waals surface area contributed by atoms with Gasteiger partial charge >= 0.3 is 0 Å². The van der Waals surface area contributed by atoms with Gasteiger partial charge in [-0.2, -0.15) is 0 Å². The van der Waals surface area contributed by atoms with Crippen LogP contribution in [0, 0.1) is 5.92 Å². The molecule has 2 aromatic rings. The Bertz CT molecular complexity index is 674. The number of carbonyl (C=O) groups excluding carboxylic acids is 1. The van der Waals surface area contributed by atoms with E-state index in [9.17, 15) is 4.79 Å². The van der Waals surface area contributed by atoms with Crippen LogP contribution in [-0.4, -0.2) is 23.3 Å². The van der Waals surface area contributed by atoms with Gasteiger partial charge in [-0.15, -0.1) is 11.3 Å². The molecule has 1 saturated heterocycles. The van der Waals surface area contributed by atoms with Gasteiger partial charge in [0, 0.05) is 18.6 Å². The number of amides is 1. The van der Waals surface area contributed by atoms with Gasteiger partial charge in [0.1, 0.15) is 0 Å². The van der Waals surface area contributed by atoms with Crippen LogP contribution in [-0.2, 0) is 9.53 Å². The number of nitrogens with zero attached hydrogens (tertiary/aromatic N) is 1. The predicted molar refractivity (Wildman–Crippen MR) is 88.3 cm³/mol. The maximum atomic E-state index is 12.6. The molecule has 2 aliphatic rings. The zero-order chi connectivity index (χ0) is 15.7. The standard InChI is InChI=1S/C17H20N2O3S/c20-16(12-5-8-21-17(11-12)6-1-2-7-17)18-15-10-13(22-19-15)14-4-3-9-23-14/h3-4,9-10,12H,1-2,5-8,11H2,(H,18,19,20). The maximum Gasteiger partial charge on any atom is 0.228 e. The van der Waals surface area contributed by atoms with Gasteiger partial charge in [-0.25, -0.2) is 0 Å². The number of rotatable bonds is 3. The Hall–Kier alpha value is -1.66. The highest BCUT2D eigenvalue weighted by Gasteiger charge is 2.42. The highest BCUT2D eigenvalue weighted by Crippen LogP contribution is 2.42. The van der Waals surface area contributed by atoms with E-state index >= 15 is 0 Å². The summed E-state index contributed by atoms with van der Waals surface area (Å²) in [6.45, 7) is 0.678. The van der Waals surface area contributed by atoms with E-state index in [2.05, 4.69) is 10.5 Å². The number of carbonyl (C=O) groups is 1. The second kappa shape index (κ2) is 6.09. The molecule has 4 rings (SSSR count). The van der Waals surface area contributed by atoms with E-state index in [1.165, 1.54) is 12.8 Å². The van der Waals surface area contributed by atoms with E-state index in [-0.39, 0.29) is 17.4 Å². The lowest BCUT2D eigenvalue weighted by Crippen LogP contribution is -2.41. The number of hydrogen-bond acceptors (Lipinski definition) is 5. The molecule has 1 spiro atoms. The minimum absolute atomic E-state index is 0.00346. The first kappa shape index (κ1) is 14.9. The first-order valence-corrected chi connectivity index (χ1v) is 9.08. The van der Waals surface area contributed by atoms with E-state index in [1.807, 2.05) is 17.5 Å². The summed E-state index contributed by atoms with van der Waals surface area (Å²) in [6, 6.07) is 5.72. The average molecular weight is 332 g/mol. The quantitative estimate of drug-likeness (QED) is 0.920. The number of hydrogen-bond donors (Lipinski definition) is 1. The topological polar surface area (TPSA) is 64.4 Å². The Balaban J connectivity index is 1.41. The molecule has 0 aromatic carbocycles. The molecule has 3 heterocycles. The first-order chi connectivity index (χ1) is 11.2. The summed E-state index contributed by atoms with van der Waals surface area (Å²) in [5.41, 5.74) is -0.0494. The van der Waals surface area contributed by atoms with Crippen molar-refractivity contribution in [3.8, 4) is 10.6 Å². The molecule has 1 amide bonds. The van der Waals surface area contributed by atoms with Crippen molar-refractivity contribution in [3.05, 3.63) is 23.6 Å². The monoisotopic (exact) mass is 332 g/mol. The van der Waals surface area contributed by atoms with Gasteiger partial charge in [0.05, 0.1) is 10.5 Å². The van der Waals surface area contributed by atoms with Gasteiger partial charge in [0.15, 0.2) is 11.6 Å². The fourth-order valence-corrected chi connectivity index (χ4v) is 4.39. The molecule has 1 unspecified atom stereocenters. The van der Waals surface area contributed by atoms with E-state index < -0.39 is 0 Å². The molecule has 0 radical (unpaired) electrons. The molecule has 5 nitrogen and oxygen atoms in total. The Morgan fingerprint density at radius 1 is 1.39 bits per heavy atom. The molecule has 1 aliphatic heterocycles. The van der Waals surface area contributed by atoms with Crippen LogP contribution < -0.4 is 5.32 Å². The zero-order valence-corrected chi connectivity index (χ0v) is 13.7. The molecule has 122 valence electrons.